The number of aliphatic carboxylic acids is 1. The van der Waals surface area contributed by atoms with Gasteiger partial charge in [0.25, 0.3) is 0 Å². The van der Waals surface area contributed by atoms with Crippen molar-refractivity contribution < 1.29 is 9.90 Å². The molecule has 0 aliphatic carbocycles. The van der Waals surface area contributed by atoms with Crippen LogP contribution in [0.1, 0.15) is 25.8 Å². The van der Waals surface area contributed by atoms with Gasteiger partial charge in [0, 0.05) is 6.42 Å². The van der Waals surface area contributed by atoms with E-state index < -0.39 is 5.97 Å². The van der Waals surface area contributed by atoms with E-state index in [1.807, 2.05) is 32.0 Å². The molecule has 0 unspecified atom stereocenters. The van der Waals surface area contributed by atoms with Crippen LogP contribution >= 0.6 is 0 Å². The lowest BCUT2D eigenvalue weighted by molar-refractivity contribution is -0.137. The van der Waals surface area contributed by atoms with Crippen LogP contribution in [0, 0.1) is 5.92 Å². The molecule has 3 nitrogen and oxygen atoms in total. The Bertz CT molecular complexity index is 283. The maximum absolute atomic E-state index is 9.81. The first kappa shape index (κ1) is 14.6. The Hall–Kier alpha value is -1.35. The number of carboxylic acid groups (broad SMARTS) is 1. The van der Waals surface area contributed by atoms with Gasteiger partial charge in [0.15, 0.2) is 0 Å². The minimum Gasteiger partial charge on any atom is -0.481 e. The highest BCUT2D eigenvalue weighted by Crippen LogP contribution is 1.97. The second-order valence-corrected chi connectivity index (χ2v) is 4.02. The van der Waals surface area contributed by atoms with Gasteiger partial charge < -0.3 is 10.8 Å². The number of carboxylic acids is 1. The molecule has 0 saturated carbocycles. The monoisotopic (exact) mass is 223 g/mol. The molecule has 3 N–H and O–H groups in total. The van der Waals surface area contributed by atoms with E-state index in [2.05, 4.69) is 12.1 Å². The van der Waals surface area contributed by atoms with Gasteiger partial charge >= 0.3 is 5.97 Å². The Labute approximate surface area is 97.3 Å². The van der Waals surface area contributed by atoms with Gasteiger partial charge in [-0.15, -0.1) is 0 Å². The second-order valence-electron chi connectivity index (χ2n) is 4.02. The van der Waals surface area contributed by atoms with Crippen LogP contribution in [-0.4, -0.2) is 17.6 Å². The quantitative estimate of drug-likeness (QED) is 0.823. The summed E-state index contributed by atoms with van der Waals surface area (Å²) in [5, 5.41) is 8.08. The Morgan fingerprint density at radius 3 is 2.19 bits per heavy atom. The fourth-order valence-corrected chi connectivity index (χ4v) is 1.16. The normalized spacial score (nSPS) is 9.50. The summed E-state index contributed by atoms with van der Waals surface area (Å²) in [5.41, 5.74) is 6.68. The lowest BCUT2D eigenvalue weighted by Crippen LogP contribution is -2.01. The van der Waals surface area contributed by atoms with Crippen LogP contribution in [0.2, 0.25) is 0 Å². The maximum Gasteiger partial charge on any atom is 0.303 e. The van der Waals surface area contributed by atoms with Crippen LogP contribution in [0.4, 0.5) is 0 Å². The predicted octanol–water partition coefficient (Wildman–Crippen LogP) is 2.30. The van der Waals surface area contributed by atoms with E-state index in [0.717, 1.165) is 13.0 Å². The molecule has 1 aromatic carbocycles. The Morgan fingerprint density at radius 2 is 1.88 bits per heavy atom. The van der Waals surface area contributed by atoms with Gasteiger partial charge in [-0.05, 0) is 24.4 Å². The SMILES string of the molecule is CC(C)CC(=O)O.NCCc1ccccc1. The van der Waals surface area contributed by atoms with Crippen molar-refractivity contribution in [1.82, 2.24) is 0 Å². The largest absolute Gasteiger partial charge is 0.481 e. The van der Waals surface area contributed by atoms with Gasteiger partial charge in [-0.25, -0.2) is 0 Å². The van der Waals surface area contributed by atoms with Gasteiger partial charge in [0.05, 0.1) is 0 Å². The van der Waals surface area contributed by atoms with E-state index in [-0.39, 0.29) is 12.3 Å². The molecular weight excluding hydrogens is 202 g/mol. The van der Waals surface area contributed by atoms with Gasteiger partial charge in [-0.2, -0.15) is 0 Å². The molecule has 0 atom stereocenters. The molecule has 0 amide bonds. The first-order valence-corrected chi connectivity index (χ1v) is 5.52. The van der Waals surface area contributed by atoms with E-state index in [9.17, 15) is 4.79 Å². The Morgan fingerprint density at radius 1 is 1.31 bits per heavy atom. The van der Waals surface area contributed by atoms with Crippen LogP contribution in [-0.2, 0) is 11.2 Å². The summed E-state index contributed by atoms with van der Waals surface area (Å²) in [6, 6.07) is 10.3. The zero-order chi connectivity index (χ0) is 12.4. The minimum absolute atomic E-state index is 0.275. The number of benzene rings is 1. The third-order valence-corrected chi connectivity index (χ3v) is 1.86. The van der Waals surface area contributed by atoms with Crippen molar-refractivity contribution >= 4 is 5.97 Å². The van der Waals surface area contributed by atoms with Crippen LogP contribution in [0.3, 0.4) is 0 Å². The summed E-state index contributed by atoms with van der Waals surface area (Å²) < 4.78 is 0. The Kier molecular flexibility index (Phi) is 8.17. The standard InChI is InChI=1S/C8H11N.C5H10O2/c9-7-6-8-4-2-1-3-5-8;1-4(2)3-5(6)7/h1-5H,6-7,9H2;4H,3H2,1-2H3,(H,6,7). The molecule has 0 saturated heterocycles. The molecule has 0 bridgehead atoms. The average Bonchev–Trinajstić information content (AvgIpc) is 2.18. The third-order valence-electron chi connectivity index (χ3n) is 1.86. The van der Waals surface area contributed by atoms with E-state index in [0.29, 0.717) is 0 Å². The van der Waals surface area contributed by atoms with Gasteiger partial charge in [0.2, 0.25) is 0 Å². The fraction of sp³-hybridized carbons (Fsp3) is 0.462. The van der Waals surface area contributed by atoms with E-state index >= 15 is 0 Å². The van der Waals surface area contributed by atoms with Gasteiger partial charge in [0.1, 0.15) is 0 Å². The lowest BCUT2D eigenvalue weighted by atomic mass is 10.1. The number of hydrogen-bond donors (Lipinski definition) is 2. The van der Waals surface area contributed by atoms with Crippen molar-refractivity contribution in [2.45, 2.75) is 26.7 Å². The van der Waals surface area contributed by atoms with Crippen molar-refractivity contribution in [1.29, 1.82) is 0 Å². The second kappa shape index (κ2) is 8.92. The average molecular weight is 223 g/mol. The number of hydrogen-bond acceptors (Lipinski definition) is 2. The molecule has 0 aliphatic heterocycles. The maximum atomic E-state index is 9.81. The molecule has 0 fully saturated rings. The van der Waals surface area contributed by atoms with Crippen molar-refractivity contribution in [2.24, 2.45) is 11.7 Å². The van der Waals surface area contributed by atoms with Crippen molar-refractivity contribution in [2.75, 3.05) is 6.54 Å². The zero-order valence-electron chi connectivity index (χ0n) is 10.0. The van der Waals surface area contributed by atoms with Crippen LogP contribution in [0.15, 0.2) is 30.3 Å². The topological polar surface area (TPSA) is 63.3 Å². The van der Waals surface area contributed by atoms with Crippen molar-refractivity contribution in [3.63, 3.8) is 0 Å². The van der Waals surface area contributed by atoms with Crippen molar-refractivity contribution in [3.05, 3.63) is 35.9 Å². The van der Waals surface area contributed by atoms with Crippen LogP contribution < -0.4 is 5.73 Å². The highest BCUT2D eigenvalue weighted by molar-refractivity contribution is 5.66. The summed E-state index contributed by atoms with van der Waals surface area (Å²) >= 11 is 0. The molecule has 0 radical (unpaired) electrons. The summed E-state index contributed by atoms with van der Waals surface area (Å²) in [6.45, 7) is 4.51. The smallest absolute Gasteiger partial charge is 0.303 e. The van der Waals surface area contributed by atoms with Crippen molar-refractivity contribution in [3.8, 4) is 0 Å². The molecular formula is C13H21NO2. The third kappa shape index (κ3) is 9.21. The summed E-state index contributed by atoms with van der Waals surface area (Å²) in [7, 11) is 0. The van der Waals surface area contributed by atoms with E-state index in [1.165, 1.54) is 5.56 Å². The predicted molar refractivity (Wildman–Crippen MR) is 66.3 cm³/mol. The number of carbonyl (C=O) groups is 1. The molecule has 0 spiro atoms. The lowest BCUT2D eigenvalue weighted by Gasteiger charge is -1.94. The van der Waals surface area contributed by atoms with Crippen LogP contribution in [0.25, 0.3) is 0 Å². The Balaban J connectivity index is 0.000000293. The first-order chi connectivity index (χ1) is 7.56. The first-order valence-electron chi connectivity index (χ1n) is 5.52. The molecule has 1 rings (SSSR count). The molecule has 0 aromatic heterocycles. The summed E-state index contributed by atoms with van der Waals surface area (Å²) in [4.78, 5) is 9.81. The molecule has 3 heteroatoms. The summed E-state index contributed by atoms with van der Waals surface area (Å²) in [6.07, 6.45) is 1.26. The van der Waals surface area contributed by atoms with Crippen LogP contribution in [0.5, 0.6) is 0 Å². The van der Waals surface area contributed by atoms with E-state index in [1.54, 1.807) is 0 Å². The van der Waals surface area contributed by atoms with E-state index in [4.69, 9.17) is 10.8 Å². The fourth-order valence-electron chi connectivity index (χ4n) is 1.16. The minimum atomic E-state index is -0.713. The highest BCUT2D eigenvalue weighted by Gasteiger charge is 1.98. The van der Waals surface area contributed by atoms with Gasteiger partial charge in [-0.1, -0.05) is 44.2 Å². The number of nitrogens with two attached hydrogens (primary N) is 1. The molecule has 0 heterocycles. The molecule has 90 valence electrons. The van der Waals surface area contributed by atoms with Gasteiger partial charge in [-0.3, -0.25) is 4.79 Å². The molecule has 16 heavy (non-hydrogen) atoms. The molecule has 1 aromatic rings. The summed E-state index contributed by atoms with van der Waals surface area (Å²) in [5.74, 6) is -0.438. The molecule has 0 aliphatic rings. The highest BCUT2D eigenvalue weighted by atomic mass is 16.4. The number of rotatable bonds is 4. The zero-order valence-corrected chi connectivity index (χ0v) is 10.0.